The zero-order valence-electron chi connectivity index (χ0n) is 11.7. The first kappa shape index (κ1) is 13.6. The van der Waals surface area contributed by atoms with E-state index in [4.69, 9.17) is 4.74 Å². The summed E-state index contributed by atoms with van der Waals surface area (Å²) in [6.45, 7) is 5.98. The van der Waals surface area contributed by atoms with Crippen LogP contribution in [0.5, 0.6) is 5.75 Å². The molecular weight excluding hydrogens is 236 g/mol. The van der Waals surface area contributed by atoms with Gasteiger partial charge in [0.25, 0.3) is 0 Å². The number of ether oxygens (including phenoxy) is 1. The van der Waals surface area contributed by atoms with Gasteiger partial charge in [-0.3, -0.25) is 4.98 Å². The Balaban J connectivity index is 2.33. The van der Waals surface area contributed by atoms with Crippen LogP contribution in [0.1, 0.15) is 18.2 Å². The number of rotatable bonds is 5. The summed E-state index contributed by atoms with van der Waals surface area (Å²) in [4.78, 5) is 4.68. The number of pyridine rings is 1. The van der Waals surface area contributed by atoms with Crippen molar-refractivity contribution in [2.45, 2.75) is 20.4 Å². The second kappa shape index (κ2) is 6.34. The molecule has 0 fully saturated rings. The van der Waals surface area contributed by atoms with Gasteiger partial charge in [0.1, 0.15) is 5.75 Å². The topological polar surface area (TPSA) is 34.1 Å². The minimum absolute atomic E-state index is 0.855. The molecule has 1 aromatic heterocycles. The third-order valence-corrected chi connectivity index (χ3v) is 3.14. The Bertz CT molecular complexity index is 552. The lowest BCUT2D eigenvalue weighted by Gasteiger charge is -2.11. The Labute approximate surface area is 114 Å². The van der Waals surface area contributed by atoms with E-state index in [2.05, 4.69) is 29.4 Å². The molecule has 0 atom stereocenters. The van der Waals surface area contributed by atoms with E-state index in [1.54, 1.807) is 7.11 Å². The monoisotopic (exact) mass is 256 g/mol. The summed E-state index contributed by atoms with van der Waals surface area (Å²) in [5.41, 5.74) is 4.28. The summed E-state index contributed by atoms with van der Waals surface area (Å²) in [5.74, 6) is 0.855. The van der Waals surface area contributed by atoms with Gasteiger partial charge in [0.2, 0.25) is 0 Å². The van der Waals surface area contributed by atoms with E-state index < -0.39 is 0 Å². The molecule has 0 unspecified atom stereocenters. The van der Waals surface area contributed by atoms with Crippen LogP contribution in [-0.4, -0.2) is 18.6 Å². The highest BCUT2D eigenvalue weighted by molar-refractivity contribution is 5.67. The molecule has 0 radical (unpaired) electrons. The minimum atomic E-state index is 0.855. The van der Waals surface area contributed by atoms with Gasteiger partial charge in [-0.25, -0.2) is 0 Å². The molecule has 0 saturated carbocycles. The third kappa shape index (κ3) is 3.12. The molecule has 0 aliphatic heterocycles. The van der Waals surface area contributed by atoms with Crippen molar-refractivity contribution in [2.75, 3.05) is 13.7 Å². The van der Waals surface area contributed by atoms with Gasteiger partial charge in [0.15, 0.2) is 0 Å². The number of hydrogen-bond donors (Lipinski definition) is 1. The molecule has 0 spiro atoms. The Morgan fingerprint density at radius 2 is 1.95 bits per heavy atom. The van der Waals surface area contributed by atoms with Crippen molar-refractivity contribution >= 4 is 0 Å². The summed E-state index contributed by atoms with van der Waals surface area (Å²) >= 11 is 0. The van der Waals surface area contributed by atoms with Gasteiger partial charge in [-0.05, 0) is 37.2 Å². The first-order valence-electron chi connectivity index (χ1n) is 6.57. The highest BCUT2D eigenvalue weighted by Gasteiger charge is 2.08. The molecule has 2 rings (SSSR count). The summed E-state index contributed by atoms with van der Waals surface area (Å²) in [6, 6.07) is 12.1. The quantitative estimate of drug-likeness (QED) is 0.892. The Morgan fingerprint density at radius 1 is 1.16 bits per heavy atom. The van der Waals surface area contributed by atoms with E-state index in [0.29, 0.717) is 0 Å². The van der Waals surface area contributed by atoms with Crippen LogP contribution in [0.3, 0.4) is 0 Å². The number of para-hydroxylation sites is 1. The first-order valence-corrected chi connectivity index (χ1v) is 6.57. The van der Waals surface area contributed by atoms with Crippen molar-refractivity contribution < 1.29 is 4.74 Å². The van der Waals surface area contributed by atoms with E-state index in [0.717, 1.165) is 35.8 Å². The van der Waals surface area contributed by atoms with E-state index >= 15 is 0 Å². The number of nitrogens with zero attached hydrogens (tertiary/aromatic N) is 1. The Kier molecular flexibility index (Phi) is 4.53. The van der Waals surface area contributed by atoms with Crippen LogP contribution in [0.25, 0.3) is 11.3 Å². The highest BCUT2D eigenvalue weighted by Crippen LogP contribution is 2.28. The highest BCUT2D eigenvalue weighted by atomic mass is 16.5. The molecule has 0 bridgehead atoms. The molecule has 3 nitrogen and oxygen atoms in total. The second-order valence-electron chi connectivity index (χ2n) is 4.42. The van der Waals surface area contributed by atoms with E-state index in [1.807, 2.05) is 31.2 Å². The Hall–Kier alpha value is -1.87. The van der Waals surface area contributed by atoms with Gasteiger partial charge in [0.05, 0.1) is 12.8 Å². The predicted octanol–water partition coefficient (Wildman–Crippen LogP) is 3.18. The summed E-state index contributed by atoms with van der Waals surface area (Å²) in [6.07, 6.45) is 0. The number of aryl methyl sites for hydroxylation is 1. The number of hydrogen-bond acceptors (Lipinski definition) is 3. The lowest BCUT2D eigenvalue weighted by molar-refractivity contribution is 0.416. The van der Waals surface area contributed by atoms with Gasteiger partial charge in [-0.1, -0.05) is 25.1 Å². The van der Waals surface area contributed by atoms with Crippen molar-refractivity contribution in [3.05, 3.63) is 47.7 Å². The summed E-state index contributed by atoms with van der Waals surface area (Å²) in [7, 11) is 1.69. The van der Waals surface area contributed by atoms with Gasteiger partial charge in [0, 0.05) is 17.8 Å². The number of benzene rings is 1. The zero-order valence-corrected chi connectivity index (χ0v) is 11.7. The van der Waals surface area contributed by atoms with E-state index in [-0.39, 0.29) is 0 Å². The average molecular weight is 256 g/mol. The molecule has 0 aliphatic rings. The van der Waals surface area contributed by atoms with Crippen molar-refractivity contribution in [3.63, 3.8) is 0 Å². The maximum Gasteiger partial charge on any atom is 0.128 e. The van der Waals surface area contributed by atoms with Crippen molar-refractivity contribution in [2.24, 2.45) is 0 Å². The van der Waals surface area contributed by atoms with Crippen LogP contribution in [0, 0.1) is 6.92 Å². The molecule has 3 heteroatoms. The lowest BCUT2D eigenvalue weighted by atomic mass is 10.1. The SMILES string of the molecule is CCNCc1ccc(-c2ccccc2OC)nc1C. The molecule has 1 aromatic carbocycles. The minimum Gasteiger partial charge on any atom is -0.496 e. The normalized spacial score (nSPS) is 10.5. The van der Waals surface area contributed by atoms with Gasteiger partial charge in [-0.2, -0.15) is 0 Å². The second-order valence-corrected chi connectivity index (χ2v) is 4.42. The number of methoxy groups -OCH3 is 1. The molecule has 2 aromatic rings. The van der Waals surface area contributed by atoms with Gasteiger partial charge >= 0.3 is 0 Å². The van der Waals surface area contributed by atoms with Crippen LogP contribution in [0.15, 0.2) is 36.4 Å². The fraction of sp³-hybridized carbons (Fsp3) is 0.312. The lowest BCUT2D eigenvalue weighted by Crippen LogP contribution is -2.13. The first-order chi connectivity index (χ1) is 9.26. The molecule has 1 heterocycles. The maximum absolute atomic E-state index is 5.38. The van der Waals surface area contributed by atoms with Crippen LogP contribution in [-0.2, 0) is 6.54 Å². The fourth-order valence-corrected chi connectivity index (χ4v) is 2.04. The largest absolute Gasteiger partial charge is 0.496 e. The average Bonchev–Trinajstić information content (AvgIpc) is 2.46. The summed E-state index contributed by atoms with van der Waals surface area (Å²) < 4.78 is 5.38. The third-order valence-electron chi connectivity index (χ3n) is 3.14. The van der Waals surface area contributed by atoms with Crippen LogP contribution in [0.4, 0.5) is 0 Å². The molecular formula is C16H20N2O. The van der Waals surface area contributed by atoms with Crippen molar-refractivity contribution in [1.29, 1.82) is 0 Å². The molecule has 0 saturated heterocycles. The van der Waals surface area contributed by atoms with Gasteiger partial charge in [-0.15, -0.1) is 0 Å². The fourth-order valence-electron chi connectivity index (χ4n) is 2.04. The number of nitrogens with one attached hydrogen (secondary N) is 1. The molecule has 100 valence electrons. The molecule has 0 amide bonds. The van der Waals surface area contributed by atoms with Gasteiger partial charge < -0.3 is 10.1 Å². The van der Waals surface area contributed by atoms with Crippen LogP contribution >= 0.6 is 0 Å². The Morgan fingerprint density at radius 3 is 2.63 bits per heavy atom. The van der Waals surface area contributed by atoms with Crippen LogP contribution < -0.4 is 10.1 Å². The number of aromatic nitrogens is 1. The predicted molar refractivity (Wildman–Crippen MR) is 78.3 cm³/mol. The zero-order chi connectivity index (χ0) is 13.7. The smallest absolute Gasteiger partial charge is 0.128 e. The molecule has 1 N–H and O–H groups in total. The van der Waals surface area contributed by atoms with E-state index in [9.17, 15) is 0 Å². The standard InChI is InChI=1S/C16H20N2O/c1-4-17-11-13-9-10-15(18-12(13)2)14-7-5-6-8-16(14)19-3/h5-10,17H,4,11H2,1-3H3. The molecule has 0 aliphatic carbocycles. The van der Waals surface area contributed by atoms with E-state index in [1.165, 1.54) is 5.56 Å². The summed E-state index contributed by atoms with van der Waals surface area (Å²) in [5, 5.41) is 3.32. The maximum atomic E-state index is 5.38. The van der Waals surface area contributed by atoms with Crippen molar-refractivity contribution in [3.8, 4) is 17.0 Å². The van der Waals surface area contributed by atoms with Crippen molar-refractivity contribution in [1.82, 2.24) is 10.3 Å². The molecule has 19 heavy (non-hydrogen) atoms. The van der Waals surface area contributed by atoms with Crippen LogP contribution in [0.2, 0.25) is 0 Å².